The Bertz CT molecular complexity index is 340. The first-order valence-electron chi connectivity index (χ1n) is 6.29. The molecule has 0 bridgehead atoms. The molecule has 1 aromatic rings. The van der Waals surface area contributed by atoms with Crippen LogP contribution >= 0.6 is 22.6 Å². The molecule has 0 heterocycles. The highest BCUT2D eigenvalue weighted by atomic mass is 127. The fourth-order valence-electron chi connectivity index (χ4n) is 2.49. The molecular formula is C15H23IO. The zero-order valence-electron chi connectivity index (χ0n) is 11.2. The van der Waals surface area contributed by atoms with Crippen LogP contribution < -0.4 is 0 Å². The Morgan fingerprint density at radius 3 is 2.18 bits per heavy atom. The van der Waals surface area contributed by atoms with E-state index in [2.05, 4.69) is 55.5 Å². The van der Waals surface area contributed by atoms with Gasteiger partial charge in [-0.3, -0.25) is 0 Å². The number of rotatable bonds is 5. The summed E-state index contributed by atoms with van der Waals surface area (Å²) in [5.74, 6) is 1.24. The molecule has 0 spiro atoms. The lowest BCUT2D eigenvalue weighted by Gasteiger charge is -2.28. The van der Waals surface area contributed by atoms with Crippen LogP contribution in [0.15, 0.2) is 24.3 Å². The van der Waals surface area contributed by atoms with Gasteiger partial charge in [-0.2, -0.15) is 0 Å². The van der Waals surface area contributed by atoms with Crippen LogP contribution in [0.1, 0.15) is 46.1 Å². The predicted octanol–water partition coefficient (Wildman–Crippen LogP) is 4.57. The normalized spacial score (nSPS) is 16.9. The molecule has 0 amide bonds. The summed E-state index contributed by atoms with van der Waals surface area (Å²) in [6, 6.07) is 8.17. The van der Waals surface area contributed by atoms with E-state index in [0.29, 0.717) is 11.8 Å². The van der Waals surface area contributed by atoms with Crippen LogP contribution in [0.3, 0.4) is 0 Å². The summed E-state index contributed by atoms with van der Waals surface area (Å²) in [4.78, 5) is 0. The van der Waals surface area contributed by atoms with Gasteiger partial charge in [-0.05, 0) is 71.9 Å². The SMILES string of the molecule is CC(C)CC(C)CC(C)(O)c1ccc(I)cc1. The largest absolute Gasteiger partial charge is 0.385 e. The van der Waals surface area contributed by atoms with Crippen molar-refractivity contribution in [3.8, 4) is 0 Å². The van der Waals surface area contributed by atoms with E-state index < -0.39 is 5.60 Å². The molecular weight excluding hydrogens is 323 g/mol. The number of halogens is 1. The van der Waals surface area contributed by atoms with Crippen LogP contribution in [0.4, 0.5) is 0 Å². The Hall–Kier alpha value is -0.0900. The number of hydrogen-bond acceptors (Lipinski definition) is 1. The van der Waals surface area contributed by atoms with E-state index >= 15 is 0 Å². The van der Waals surface area contributed by atoms with E-state index in [1.807, 2.05) is 19.1 Å². The minimum Gasteiger partial charge on any atom is -0.385 e. The van der Waals surface area contributed by atoms with Crippen molar-refractivity contribution in [1.82, 2.24) is 0 Å². The molecule has 2 unspecified atom stereocenters. The summed E-state index contributed by atoms with van der Waals surface area (Å²) in [6.45, 7) is 8.61. The van der Waals surface area contributed by atoms with E-state index in [9.17, 15) is 5.11 Å². The molecule has 0 fully saturated rings. The quantitative estimate of drug-likeness (QED) is 0.775. The van der Waals surface area contributed by atoms with Gasteiger partial charge >= 0.3 is 0 Å². The summed E-state index contributed by atoms with van der Waals surface area (Å²) in [7, 11) is 0. The topological polar surface area (TPSA) is 20.2 Å². The summed E-state index contributed by atoms with van der Waals surface area (Å²) in [5.41, 5.74) is 0.312. The molecule has 0 saturated carbocycles. The molecule has 1 nitrogen and oxygen atoms in total. The zero-order chi connectivity index (χ0) is 13.1. The lowest BCUT2D eigenvalue weighted by atomic mass is 9.83. The average Bonchev–Trinajstić information content (AvgIpc) is 2.15. The Morgan fingerprint density at radius 2 is 1.71 bits per heavy atom. The van der Waals surface area contributed by atoms with Gasteiger partial charge in [0.2, 0.25) is 0 Å². The van der Waals surface area contributed by atoms with E-state index in [4.69, 9.17) is 0 Å². The lowest BCUT2D eigenvalue weighted by molar-refractivity contribution is 0.0295. The standard InChI is InChI=1S/C15H23IO/c1-11(2)9-12(3)10-15(4,17)13-5-7-14(16)8-6-13/h5-8,11-12,17H,9-10H2,1-4H3. The smallest absolute Gasteiger partial charge is 0.0871 e. The van der Waals surface area contributed by atoms with Crippen LogP contribution in [0.2, 0.25) is 0 Å². The summed E-state index contributed by atoms with van der Waals surface area (Å²) >= 11 is 2.28. The predicted molar refractivity (Wildman–Crippen MR) is 82.0 cm³/mol. The molecule has 0 saturated heterocycles. The first-order chi connectivity index (χ1) is 7.81. The van der Waals surface area contributed by atoms with Gasteiger partial charge in [0.05, 0.1) is 5.60 Å². The van der Waals surface area contributed by atoms with Crippen LogP contribution in [0.25, 0.3) is 0 Å². The molecule has 96 valence electrons. The molecule has 2 heteroatoms. The summed E-state index contributed by atoms with van der Waals surface area (Å²) < 4.78 is 1.21. The maximum atomic E-state index is 10.6. The highest BCUT2D eigenvalue weighted by molar-refractivity contribution is 14.1. The monoisotopic (exact) mass is 346 g/mol. The maximum Gasteiger partial charge on any atom is 0.0871 e. The van der Waals surface area contributed by atoms with Crippen LogP contribution in [-0.2, 0) is 5.60 Å². The van der Waals surface area contributed by atoms with Crippen molar-refractivity contribution >= 4 is 22.6 Å². The second-order valence-corrected chi connectivity index (χ2v) is 6.97. The van der Waals surface area contributed by atoms with Crippen molar-refractivity contribution in [2.24, 2.45) is 11.8 Å². The fraction of sp³-hybridized carbons (Fsp3) is 0.600. The van der Waals surface area contributed by atoms with Crippen LogP contribution in [0.5, 0.6) is 0 Å². The molecule has 0 aromatic heterocycles. The second-order valence-electron chi connectivity index (χ2n) is 5.72. The lowest BCUT2D eigenvalue weighted by Crippen LogP contribution is -2.24. The van der Waals surface area contributed by atoms with Gasteiger partial charge in [-0.25, -0.2) is 0 Å². The van der Waals surface area contributed by atoms with Crippen molar-refractivity contribution < 1.29 is 5.11 Å². The first-order valence-corrected chi connectivity index (χ1v) is 7.37. The van der Waals surface area contributed by atoms with Crippen molar-refractivity contribution in [2.45, 2.75) is 46.1 Å². The van der Waals surface area contributed by atoms with Gasteiger partial charge in [0, 0.05) is 3.57 Å². The van der Waals surface area contributed by atoms with Crippen molar-refractivity contribution in [1.29, 1.82) is 0 Å². The zero-order valence-corrected chi connectivity index (χ0v) is 13.4. The van der Waals surface area contributed by atoms with Gasteiger partial charge in [-0.1, -0.05) is 32.9 Å². The molecule has 0 aliphatic heterocycles. The third-order valence-electron chi connectivity index (χ3n) is 3.09. The minimum absolute atomic E-state index is 0.546. The molecule has 0 aliphatic rings. The van der Waals surface area contributed by atoms with Gasteiger partial charge in [0.15, 0.2) is 0 Å². The maximum absolute atomic E-state index is 10.6. The molecule has 1 aromatic carbocycles. The Kier molecular flexibility index (Phi) is 5.45. The Balaban J connectivity index is 2.70. The van der Waals surface area contributed by atoms with E-state index in [0.717, 1.165) is 12.0 Å². The third-order valence-corrected chi connectivity index (χ3v) is 3.80. The van der Waals surface area contributed by atoms with Gasteiger partial charge < -0.3 is 5.11 Å². The average molecular weight is 346 g/mol. The van der Waals surface area contributed by atoms with E-state index in [1.165, 1.54) is 9.99 Å². The molecule has 1 rings (SSSR count). The minimum atomic E-state index is -0.710. The number of benzene rings is 1. The Labute approximate surface area is 119 Å². The third kappa shape index (κ3) is 4.96. The molecule has 2 atom stereocenters. The molecule has 17 heavy (non-hydrogen) atoms. The number of aliphatic hydroxyl groups is 1. The summed E-state index contributed by atoms with van der Waals surface area (Å²) in [6.07, 6.45) is 1.99. The first kappa shape index (κ1) is 15.0. The second kappa shape index (κ2) is 6.19. The van der Waals surface area contributed by atoms with E-state index in [-0.39, 0.29) is 0 Å². The fourth-order valence-corrected chi connectivity index (χ4v) is 2.85. The highest BCUT2D eigenvalue weighted by Gasteiger charge is 2.25. The molecule has 0 radical (unpaired) electrons. The van der Waals surface area contributed by atoms with E-state index in [1.54, 1.807) is 0 Å². The van der Waals surface area contributed by atoms with Gasteiger partial charge in [-0.15, -0.1) is 0 Å². The van der Waals surface area contributed by atoms with Gasteiger partial charge in [0.25, 0.3) is 0 Å². The van der Waals surface area contributed by atoms with Crippen molar-refractivity contribution in [2.75, 3.05) is 0 Å². The van der Waals surface area contributed by atoms with Crippen LogP contribution in [-0.4, -0.2) is 5.11 Å². The number of hydrogen-bond donors (Lipinski definition) is 1. The molecule has 0 aliphatic carbocycles. The van der Waals surface area contributed by atoms with Crippen LogP contribution in [0, 0.1) is 15.4 Å². The highest BCUT2D eigenvalue weighted by Crippen LogP contribution is 2.30. The van der Waals surface area contributed by atoms with Crippen molar-refractivity contribution in [3.05, 3.63) is 33.4 Å². The summed E-state index contributed by atoms with van der Waals surface area (Å²) in [5, 5.41) is 10.6. The van der Waals surface area contributed by atoms with Gasteiger partial charge in [0.1, 0.15) is 0 Å². The molecule has 1 N–H and O–H groups in total. The van der Waals surface area contributed by atoms with Crippen molar-refractivity contribution in [3.63, 3.8) is 0 Å². The Morgan fingerprint density at radius 1 is 1.18 bits per heavy atom.